The lowest BCUT2D eigenvalue weighted by Crippen LogP contribution is -2.57. The van der Waals surface area contributed by atoms with Gasteiger partial charge in [-0.3, -0.25) is 14.6 Å². The Labute approximate surface area is 127 Å². The van der Waals surface area contributed by atoms with Gasteiger partial charge in [-0.05, 0) is 11.8 Å². The maximum absolute atomic E-state index is 12.7. The summed E-state index contributed by atoms with van der Waals surface area (Å²) in [6, 6.07) is 6.49. The van der Waals surface area contributed by atoms with Crippen molar-refractivity contribution in [1.29, 1.82) is 0 Å². The van der Waals surface area contributed by atoms with Crippen LogP contribution in [0.25, 0.3) is 0 Å². The molecule has 1 fully saturated rings. The Morgan fingerprint density at radius 1 is 1.14 bits per heavy atom. The van der Waals surface area contributed by atoms with Crippen molar-refractivity contribution in [3.8, 4) is 0 Å². The van der Waals surface area contributed by atoms with Crippen LogP contribution in [0.15, 0.2) is 29.3 Å². The second kappa shape index (κ2) is 3.73. The fourth-order valence-corrected chi connectivity index (χ4v) is 4.23. The fraction of sp³-hybridized carbons (Fsp3) is 0.471. The van der Waals surface area contributed by atoms with Crippen LogP contribution in [0, 0.1) is 11.3 Å². The number of hydrogen-bond donors (Lipinski definition) is 2. The van der Waals surface area contributed by atoms with E-state index in [4.69, 9.17) is 0 Å². The summed E-state index contributed by atoms with van der Waals surface area (Å²) in [5, 5.41) is 22.1. The van der Waals surface area contributed by atoms with E-state index in [0.29, 0.717) is 12.1 Å². The Morgan fingerprint density at radius 2 is 1.82 bits per heavy atom. The standard InChI is InChI=1S/C17H17NO4/c1-15(2)7-11-13(12(19)8-15)16(21)14(20)9-5-3-4-6-10(9)17(16,22)18-11/h3-6,13,21-22H,7-8H2,1-2H3/t13?,16-,17-/m1/s1. The van der Waals surface area contributed by atoms with Crippen molar-refractivity contribution in [2.75, 3.05) is 0 Å². The highest BCUT2D eigenvalue weighted by Gasteiger charge is 2.73. The molecule has 0 aromatic heterocycles. The third-order valence-corrected chi connectivity index (χ3v) is 5.12. The number of fused-ring (bicyclic) bond motifs is 5. The van der Waals surface area contributed by atoms with E-state index in [1.54, 1.807) is 24.3 Å². The van der Waals surface area contributed by atoms with Crippen LogP contribution in [0.5, 0.6) is 0 Å². The molecule has 5 heteroatoms. The Bertz CT molecular complexity index is 766. The van der Waals surface area contributed by atoms with Crippen molar-refractivity contribution in [3.63, 3.8) is 0 Å². The predicted octanol–water partition coefficient (Wildman–Crippen LogP) is 1.22. The molecular weight excluding hydrogens is 282 g/mol. The molecule has 1 unspecified atom stereocenters. The van der Waals surface area contributed by atoms with Crippen LogP contribution in [0.1, 0.15) is 42.6 Å². The Kier molecular flexibility index (Phi) is 2.33. The van der Waals surface area contributed by atoms with Gasteiger partial charge in [-0.1, -0.05) is 38.1 Å². The van der Waals surface area contributed by atoms with E-state index in [-0.39, 0.29) is 28.7 Å². The summed E-state index contributed by atoms with van der Waals surface area (Å²) < 4.78 is 0. The molecule has 4 rings (SSSR count). The van der Waals surface area contributed by atoms with E-state index in [2.05, 4.69) is 4.99 Å². The highest BCUT2D eigenvalue weighted by Crippen LogP contribution is 2.56. The molecule has 1 saturated carbocycles. The molecule has 0 saturated heterocycles. The molecule has 22 heavy (non-hydrogen) atoms. The molecule has 0 amide bonds. The van der Waals surface area contributed by atoms with Gasteiger partial charge >= 0.3 is 0 Å². The zero-order chi connectivity index (χ0) is 15.9. The van der Waals surface area contributed by atoms with Crippen molar-refractivity contribution in [1.82, 2.24) is 0 Å². The van der Waals surface area contributed by atoms with Crippen LogP contribution < -0.4 is 0 Å². The summed E-state index contributed by atoms with van der Waals surface area (Å²) in [4.78, 5) is 29.6. The van der Waals surface area contributed by atoms with Gasteiger partial charge in [0.05, 0.1) is 5.92 Å². The lowest BCUT2D eigenvalue weighted by molar-refractivity contribution is -0.146. The molecule has 1 aromatic carbocycles. The van der Waals surface area contributed by atoms with Crippen LogP contribution in [0.3, 0.4) is 0 Å². The third-order valence-electron chi connectivity index (χ3n) is 5.12. The number of rotatable bonds is 0. The van der Waals surface area contributed by atoms with E-state index in [1.165, 1.54) is 0 Å². The number of aliphatic hydroxyl groups is 2. The maximum Gasteiger partial charge on any atom is 0.220 e. The number of carbonyl (C=O) groups is 2. The van der Waals surface area contributed by atoms with E-state index >= 15 is 0 Å². The van der Waals surface area contributed by atoms with Gasteiger partial charge < -0.3 is 10.2 Å². The molecule has 0 spiro atoms. The molecule has 2 aliphatic carbocycles. The van der Waals surface area contributed by atoms with Crippen LogP contribution in [-0.2, 0) is 10.5 Å². The summed E-state index contributed by atoms with van der Waals surface area (Å²) in [6.45, 7) is 3.89. The van der Waals surface area contributed by atoms with Gasteiger partial charge in [0, 0.05) is 23.3 Å². The molecule has 1 heterocycles. The molecule has 5 nitrogen and oxygen atoms in total. The van der Waals surface area contributed by atoms with Crippen molar-refractivity contribution >= 4 is 17.3 Å². The van der Waals surface area contributed by atoms with Gasteiger partial charge in [0.1, 0.15) is 5.78 Å². The molecule has 3 aliphatic rings. The van der Waals surface area contributed by atoms with Crippen molar-refractivity contribution < 1.29 is 19.8 Å². The number of Topliss-reactive ketones (excluding diaryl/α,β-unsaturated/α-hetero) is 2. The second-order valence-electron chi connectivity index (χ2n) is 7.33. The van der Waals surface area contributed by atoms with Gasteiger partial charge in [-0.15, -0.1) is 0 Å². The zero-order valence-electron chi connectivity index (χ0n) is 12.5. The highest BCUT2D eigenvalue weighted by atomic mass is 16.4. The highest BCUT2D eigenvalue weighted by molar-refractivity contribution is 6.21. The van der Waals surface area contributed by atoms with E-state index in [0.717, 1.165) is 0 Å². The van der Waals surface area contributed by atoms with Crippen molar-refractivity contribution in [2.45, 2.75) is 38.0 Å². The largest absolute Gasteiger partial charge is 0.376 e. The summed E-state index contributed by atoms with van der Waals surface area (Å²) in [7, 11) is 0. The SMILES string of the molecule is CC1(C)CC(=O)C2C(=N[C@@]3(O)c4ccccc4C(=O)[C@]23O)C1. The monoisotopic (exact) mass is 299 g/mol. The smallest absolute Gasteiger partial charge is 0.220 e. The van der Waals surface area contributed by atoms with Crippen molar-refractivity contribution in [2.24, 2.45) is 16.3 Å². The number of carbonyl (C=O) groups excluding carboxylic acids is 2. The normalized spacial score (nSPS) is 38.4. The first-order valence-corrected chi connectivity index (χ1v) is 7.41. The van der Waals surface area contributed by atoms with Crippen LogP contribution in [-0.4, -0.2) is 33.1 Å². The van der Waals surface area contributed by atoms with Crippen molar-refractivity contribution in [3.05, 3.63) is 35.4 Å². The minimum Gasteiger partial charge on any atom is -0.376 e. The van der Waals surface area contributed by atoms with Crippen LogP contribution >= 0.6 is 0 Å². The molecule has 1 aliphatic heterocycles. The van der Waals surface area contributed by atoms with Gasteiger partial charge in [-0.25, -0.2) is 0 Å². The number of hydrogen-bond acceptors (Lipinski definition) is 5. The first-order chi connectivity index (χ1) is 10.2. The minimum absolute atomic E-state index is 0.227. The topological polar surface area (TPSA) is 87.0 Å². The molecule has 114 valence electrons. The molecular formula is C17H17NO4. The molecule has 2 N–H and O–H groups in total. The third kappa shape index (κ3) is 1.34. The van der Waals surface area contributed by atoms with E-state index in [9.17, 15) is 19.8 Å². The van der Waals surface area contributed by atoms with Gasteiger partial charge in [0.2, 0.25) is 11.5 Å². The Hall–Kier alpha value is -1.85. The van der Waals surface area contributed by atoms with Crippen LogP contribution in [0.2, 0.25) is 0 Å². The number of benzene rings is 1. The second-order valence-corrected chi connectivity index (χ2v) is 7.33. The van der Waals surface area contributed by atoms with E-state index in [1.807, 2.05) is 13.8 Å². The average Bonchev–Trinajstić information content (AvgIpc) is 2.74. The summed E-state index contributed by atoms with van der Waals surface area (Å²) in [6.07, 6.45) is 0.752. The molecule has 0 radical (unpaired) electrons. The molecule has 1 aromatic rings. The average molecular weight is 299 g/mol. The number of nitrogens with zero attached hydrogens (tertiary/aromatic N) is 1. The predicted molar refractivity (Wildman–Crippen MR) is 78.6 cm³/mol. The maximum atomic E-state index is 12.7. The zero-order valence-corrected chi connectivity index (χ0v) is 12.5. The lowest BCUT2D eigenvalue weighted by atomic mass is 9.65. The van der Waals surface area contributed by atoms with Gasteiger partial charge in [0.15, 0.2) is 5.60 Å². The summed E-state index contributed by atoms with van der Waals surface area (Å²) in [5.74, 6) is -1.87. The Balaban J connectivity index is 1.97. The molecule has 0 bridgehead atoms. The summed E-state index contributed by atoms with van der Waals surface area (Å²) in [5.41, 5.74) is -3.55. The fourth-order valence-electron chi connectivity index (χ4n) is 4.23. The Morgan fingerprint density at radius 3 is 2.55 bits per heavy atom. The molecule has 3 atom stereocenters. The quantitative estimate of drug-likeness (QED) is 0.754. The lowest BCUT2D eigenvalue weighted by Gasteiger charge is -2.37. The first-order valence-electron chi connectivity index (χ1n) is 7.41. The summed E-state index contributed by atoms with van der Waals surface area (Å²) >= 11 is 0. The number of aliphatic imine (C=N–C) groups is 1. The van der Waals surface area contributed by atoms with Crippen LogP contribution in [0.4, 0.5) is 0 Å². The van der Waals surface area contributed by atoms with Gasteiger partial charge in [-0.2, -0.15) is 0 Å². The number of ketones is 2. The van der Waals surface area contributed by atoms with Gasteiger partial charge in [0.25, 0.3) is 0 Å². The first kappa shape index (κ1) is 13.8. The van der Waals surface area contributed by atoms with E-state index < -0.39 is 23.0 Å². The minimum atomic E-state index is -2.19.